The molecule has 1 N–H and O–H groups in total. The summed E-state index contributed by atoms with van der Waals surface area (Å²) in [5.41, 5.74) is 1.41. The molecule has 0 radical (unpaired) electrons. The van der Waals surface area contributed by atoms with Crippen molar-refractivity contribution in [2.75, 3.05) is 18.4 Å². The number of amides is 2. The van der Waals surface area contributed by atoms with E-state index < -0.39 is 0 Å². The molecule has 6 nitrogen and oxygen atoms in total. The van der Waals surface area contributed by atoms with E-state index in [2.05, 4.69) is 15.3 Å². The van der Waals surface area contributed by atoms with Crippen molar-refractivity contribution in [2.45, 2.75) is 19.8 Å². The molecule has 3 rings (SSSR count). The monoisotopic (exact) mass is 324 g/mol. The van der Waals surface area contributed by atoms with Gasteiger partial charge in [0.25, 0.3) is 5.91 Å². The summed E-state index contributed by atoms with van der Waals surface area (Å²) >= 11 is 0. The van der Waals surface area contributed by atoms with E-state index >= 15 is 0 Å². The molecule has 24 heavy (non-hydrogen) atoms. The zero-order valence-corrected chi connectivity index (χ0v) is 13.6. The number of aromatic nitrogens is 2. The van der Waals surface area contributed by atoms with Gasteiger partial charge < -0.3 is 10.2 Å². The smallest absolute Gasteiger partial charge is 0.255 e. The van der Waals surface area contributed by atoms with E-state index in [-0.39, 0.29) is 17.7 Å². The maximum absolute atomic E-state index is 12.5. The lowest BCUT2D eigenvalue weighted by atomic mass is 9.96. The van der Waals surface area contributed by atoms with Crippen molar-refractivity contribution in [3.63, 3.8) is 0 Å². The zero-order chi connectivity index (χ0) is 16.9. The predicted molar refractivity (Wildman–Crippen MR) is 90.5 cm³/mol. The third-order valence-electron chi connectivity index (χ3n) is 4.13. The SMILES string of the molecule is Cc1cccc(NC(=O)C2CCCN(C(=O)c3cccnc3)C2)n1. The van der Waals surface area contributed by atoms with Crippen LogP contribution in [0.3, 0.4) is 0 Å². The van der Waals surface area contributed by atoms with E-state index in [1.54, 1.807) is 35.5 Å². The van der Waals surface area contributed by atoms with E-state index in [0.717, 1.165) is 18.5 Å². The number of carbonyl (C=O) groups is 2. The Kier molecular flexibility index (Phi) is 4.84. The summed E-state index contributed by atoms with van der Waals surface area (Å²) in [5.74, 6) is 0.170. The minimum atomic E-state index is -0.221. The van der Waals surface area contributed by atoms with Gasteiger partial charge in [0.1, 0.15) is 5.82 Å². The second-order valence-corrected chi connectivity index (χ2v) is 5.99. The lowest BCUT2D eigenvalue weighted by Gasteiger charge is -2.32. The molecule has 124 valence electrons. The van der Waals surface area contributed by atoms with Crippen molar-refractivity contribution in [2.24, 2.45) is 5.92 Å². The summed E-state index contributed by atoms with van der Waals surface area (Å²) in [6, 6.07) is 8.99. The van der Waals surface area contributed by atoms with Gasteiger partial charge in [-0.3, -0.25) is 14.6 Å². The number of likely N-dealkylation sites (tertiary alicyclic amines) is 1. The summed E-state index contributed by atoms with van der Waals surface area (Å²) in [7, 11) is 0. The molecule has 6 heteroatoms. The number of nitrogens with zero attached hydrogens (tertiary/aromatic N) is 3. The maximum atomic E-state index is 12.5. The standard InChI is InChI=1S/C18H20N4O2/c1-13-5-2-8-16(20-13)21-17(23)15-7-4-10-22(12-15)18(24)14-6-3-9-19-11-14/h2-3,5-6,8-9,11,15H,4,7,10,12H2,1H3,(H,20,21,23). The number of carbonyl (C=O) groups excluding carboxylic acids is 2. The first-order chi connectivity index (χ1) is 11.6. The first kappa shape index (κ1) is 16.1. The van der Waals surface area contributed by atoms with Gasteiger partial charge in [-0.05, 0) is 44.0 Å². The van der Waals surface area contributed by atoms with Gasteiger partial charge in [-0.1, -0.05) is 6.07 Å². The molecule has 2 aromatic rings. The van der Waals surface area contributed by atoms with Gasteiger partial charge in [0, 0.05) is 31.2 Å². The van der Waals surface area contributed by atoms with Crippen LogP contribution in [0.2, 0.25) is 0 Å². The second-order valence-electron chi connectivity index (χ2n) is 5.99. The molecule has 1 unspecified atom stereocenters. The zero-order valence-electron chi connectivity index (χ0n) is 13.6. The van der Waals surface area contributed by atoms with E-state index in [1.807, 2.05) is 19.1 Å². The van der Waals surface area contributed by atoms with E-state index in [4.69, 9.17) is 0 Å². The van der Waals surface area contributed by atoms with Crippen molar-refractivity contribution in [1.82, 2.24) is 14.9 Å². The largest absolute Gasteiger partial charge is 0.338 e. The lowest BCUT2D eigenvalue weighted by molar-refractivity contribution is -0.121. The fourth-order valence-electron chi connectivity index (χ4n) is 2.89. The summed E-state index contributed by atoms with van der Waals surface area (Å²) in [5, 5.41) is 2.85. The minimum Gasteiger partial charge on any atom is -0.338 e. The Bertz CT molecular complexity index is 733. The van der Waals surface area contributed by atoms with Gasteiger partial charge in [-0.15, -0.1) is 0 Å². The molecular formula is C18H20N4O2. The molecule has 0 saturated carbocycles. The molecule has 1 aliphatic heterocycles. The molecule has 0 aliphatic carbocycles. The number of piperidine rings is 1. The topological polar surface area (TPSA) is 75.2 Å². The van der Waals surface area contributed by atoms with Crippen molar-refractivity contribution in [3.05, 3.63) is 54.0 Å². The molecule has 1 atom stereocenters. The highest BCUT2D eigenvalue weighted by Gasteiger charge is 2.29. The minimum absolute atomic E-state index is 0.0747. The molecule has 2 aromatic heterocycles. The molecule has 3 heterocycles. The van der Waals surface area contributed by atoms with E-state index in [0.29, 0.717) is 24.5 Å². The number of aryl methyl sites for hydroxylation is 1. The van der Waals surface area contributed by atoms with Crippen LogP contribution in [0.25, 0.3) is 0 Å². The first-order valence-electron chi connectivity index (χ1n) is 8.07. The number of hydrogen-bond acceptors (Lipinski definition) is 4. The average Bonchev–Trinajstić information content (AvgIpc) is 2.62. The lowest BCUT2D eigenvalue weighted by Crippen LogP contribution is -2.43. The molecule has 1 saturated heterocycles. The summed E-state index contributed by atoms with van der Waals surface area (Å²) < 4.78 is 0. The fourth-order valence-corrected chi connectivity index (χ4v) is 2.89. The highest BCUT2D eigenvalue weighted by Crippen LogP contribution is 2.20. The second kappa shape index (κ2) is 7.21. The maximum Gasteiger partial charge on any atom is 0.255 e. The summed E-state index contributed by atoms with van der Waals surface area (Å²) in [4.78, 5) is 35.0. The first-order valence-corrected chi connectivity index (χ1v) is 8.07. The van der Waals surface area contributed by atoms with Crippen LogP contribution in [0.5, 0.6) is 0 Å². The molecule has 2 amide bonds. The van der Waals surface area contributed by atoms with Gasteiger partial charge in [0.2, 0.25) is 5.91 Å². The number of nitrogens with one attached hydrogen (secondary N) is 1. The Labute approximate surface area is 140 Å². The van der Waals surface area contributed by atoms with Crippen LogP contribution in [0.1, 0.15) is 28.9 Å². The third-order valence-corrected chi connectivity index (χ3v) is 4.13. The Morgan fingerprint density at radius 1 is 1.25 bits per heavy atom. The van der Waals surface area contributed by atoms with E-state index in [9.17, 15) is 9.59 Å². The van der Waals surface area contributed by atoms with Crippen molar-refractivity contribution < 1.29 is 9.59 Å². The van der Waals surface area contributed by atoms with Crippen LogP contribution in [-0.2, 0) is 4.79 Å². The number of rotatable bonds is 3. The molecule has 1 fully saturated rings. The van der Waals surface area contributed by atoms with Crippen LogP contribution < -0.4 is 5.32 Å². The molecule has 0 aromatic carbocycles. The van der Waals surface area contributed by atoms with Crippen LogP contribution in [0.15, 0.2) is 42.7 Å². The summed E-state index contributed by atoms with van der Waals surface area (Å²) in [6.07, 6.45) is 4.78. The Morgan fingerprint density at radius 3 is 2.88 bits per heavy atom. The van der Waals surface area contributed by atoms with Gasteiger partial charge in [-0.25, -0.2) is 4.98 Å². The number of hydrogen-bond donors (Lipinski definition) is 1. The highest BCUT2D eigenvalue weighted by atomic mass is 16.2. The van der Waals surface area contributed by atoms with Crippen LogP contribution in [0, 0.1) is 12.8 Å². The highest BCUT2D eigenvalue weighted by molar-refractivity contribution is 5.95. The Hall–Kier alpha value is -2.76. The average molecular weight is 324 g/mol. The molecule has 0 bridgehead atoms. The molecule has 0 spiro atoms. The van der Waals surface area contributed by atoms with E-state index in [1.165, 1.54) is 0 Å². The quantitative estimate of drug-likeness (QED) is 0.940. The van der Waals surface area contributed by atoms with Crippen molar-refractivity contribution >= 4 is 17.6 Å². The number of anilines is 1. The normalized spacial score (nSPS) is 17.4. The molecule has 1 aliphatic rings. The predicted octanol–water partition coefficient (Wildman–Crippen LogP) is 2.28. The fraction of sp³-hybridized carbons (Fsp3) is 0.333. The van der Waals surface area contributed by atoms with Crippen molar-refractivity contribution in [3.8, 4) is 0 Å². The number of pyridine rings is 2. The third kappa shape index (κ3) is 3.76. The van der Waals surface area contributed by atoms with Gasteiger partial charge in [0.05, 0.1) is 11.5 Å². The molecular weight excluding hydrogens is 304 g/mol. The van der Waals surface area contributed by atoms with Gasteiger partial charge in [0.15, 0.2) is 0 Å². The van der Waals surface area contributed by atoms with Crippen LogP contribution in [0.4, 0.5) is 5.82 Å². The van der Waals surface area contributed by atoms with Crippen LogP contribution in [-0.4, -0.2) is 39.8 Å². The Morgan fingerprint density at radius 2 is 2.12 bits per heavy atom. The Balaban J connectivity index is 1.65. The summed E-state index contributed by atoms with van der Waals surface area (Å²) in [6.45, 7) is 2.97. The van der Waals surface area contributed by atoms with Gasteiger partial charge >= 0.3 is 0 Å². The van der Waals surface area contributed by atoms with Crippen LogP contribution >= 0.6 is 0 Å². The van der Waals surface area contributed by atoms with Crippen molar-refractivity contribution in [1.29, 1.82) is 0 Å². The van der Waals surface area contributed by atoms with Gasteiger partial charge in [-0.2, -0.15) is 0 Å².